The van der Waals surface area contributed by atoms with Crippen LogP contribution in [0.2, 0.25) is 0 Å². The molecule has 2 aliphatic rings. The topological polar surface area (TPSA) is 141 Å². The first-order valence-corrected chi connectivity index (χ1v) is 12.2. The Morgan fingerprint density at radius 3 is 2.35 bits per heavy atom. The average Bonchev–Trinajstić information content (AvgIpc) is 2.71. The van der Waals surface area contributed by atoms with E-state index in [-0.39, 0.29) is 36.1 Å². The van der Waals surface area contributed by atoms with Crippen molar-refractivity contribution >= 4 is 17.9 Å². The van der Waals surface area contributed by atoms with Gasteiger partial charge in [0.15, 0.2) is 0 Å². The molecule has 7 unspecified atom stereocenters. The molecule has 0 aromatic heterocycles. The normalized spacial score (nSPS) is 28.7. The molecule has 0 aromatic carbocycles. The van der Waals surface area contributed by atoms with Crippen molar-refractivity contribution in [2.24, 2.45) is 29.1 Å². The number of aliphatic hydroxyl groups is 2. The monoisotopic (exact) mass is 480 g/mol. The molecule has 192 valence electrons. The molecular weight excluding hydrogens is 440 g/mol. The standard InChI is InChI=1S/C26H40O8/c1-6-26(4,5)25(33)34-20-11-15(3)22(24(31)32)19-9-7-14(2)18(23(19)20)10-8-16(27)12-17(28)13-21(29)30/h7,9,14-18,20,23,27-28H,6,8,10-13H2,1-5H3,(H,29,30)(H,31,32). The van der Waals surface area contributed by atoms with E-state index < -0.39 is 42.1 Å². The van der Waals surface area contributed by atoms with Gasteiger partial charge in [-0.1, -0.05) is 32.9 Å². The number of fused-ring (bicyclic) bond motifs is 1. The lowest BCUT2D eigenvalue weighted by atomic mass is 9.63. The zero-order valence-corrected chi connectivity index (χ0v) is 20.9. The molecule has 2 aliphatic carbocycles. The molecule has 0 radical (unpaired) electrons. The lowest BCUT2D eigenvalue weighted by Gasteiger charge is -2.45. The molecule has 0 aromatic rings. The third-order valence-electron chi connectivity index (χ3n) is 7.58. The van der Waals surface area contributed by atoms with E-state index in [1.54, 1.807) is 0 Å². The highest BCUT2D eigenvalue weighted by molar-refractivity contribution is 5.89. The van der Waals surface area contributed by atoms with E-state index in [4.69, 9.17) is 9.84 Å². The Morgan fingerprint density at radius 1 is 1.15 bits per heavy atom. The van der Waals surface area contributed by atoms with Gasteiger partial charge >= 0.3 is 17.9 Å². The van der Waals surface area contributed by atoms with Crippen molar-refractivity contribution in [1.82, 2.24) is 0 Å². The second-order valence-electron chi connectivity index (χ2n) is 10.6. The first-order chi connectivity index (χ1) is 15.8. The average molecular weight is 481 g/mol. The Hall–Kier alpha value is -2.19. The van der Waals surface area contributed by atoms with Crippen LogP contribution < -0.4 is 0 Å². The van der Waals surface area contributed by atoms with Crippen LogP contribution in [0.25, 0.3) is 0 Å². The fourth-order valence-corrected chi connectivity index (χ4v) is 5.15. The molecule has 8 nitrogen and oxygen atoms in total. The number of hydrogen-bond donors (Lipinski definition) is 4. The van der Waals surface area contributed by atoms with Crippen molar-refractivity contribution < 1.29 is 39.5 Å². The van der Waals surface area contributed by atoms with Crippen LogP contribution in [-0.2, 0) is 19.1 Å². The minimum absolute atomic E-state index is 0.0445. The molecule has 34 heavy (non-hydrogen) atoms. The Morgan fingerprint density at radius 2 is 1.79 bits per heavy atom. The van der Waals surface area contributed by atoms with Crippen LogP contribution in [0.4, 0.5) is 0 Å². The number of allylic oxidation sites excluding steroid dienone is 2. The van der Waals surface area contributed by atoms with Crippen LogP contribution in [0.3, 0.4) is 0 Å². The van der Waals surface area contributed by atoms with Gasteiger partial charge in [0.05, 0.1) is 24.0 Å². The van der Waals surface area contributed by atoms with Crippen molar-refractivity contribution in [2.45, 2.75) is 91.5 Å². The van der Waals surface area contributed by atoms with Gasteiger partial charge in [0.2, 0.25) is 0 Å². The summed E-state index contributed by atoms with van der Waals surface area (Å²) in [5.74, 6) is -3.00. The fraction of sp³-hybridized carbons (Fsp3) is 0.731. The van der Waals surface area contributed by atoms with E-state index in [0.717, 1.165) is 0 Å². The van der Waals surface area contributed by atoms with Crippen molar-refractivity contribution in [3.63, 3.8) is 0 Å². The van der Waals surface area contributed by atoms with Crippen molar-refractivity contribution in [1.29, 1.82) is 0 Å². The van der Waals surface area contributed by atoms with Gasteiger partial charge in [-0.05, 0) is 69.3 Å². The predicted octanol–water partition coefficient (Wildman–Crippen LogP) is 3.56. The summed E-state index contributed by atoms with van der Waals surface area (Å²) in [6.07, 6.45) is 2.73. The quantitative estimate of drug-likeness (QED) is 0.329. The van der Waals surface area contributed by atoms with Gasteiger partial charge in [-0.15, -0.1) is 0 Å². The maximum Gasteiger partial charge on any atom is 0.332 e. The van der Waals surface area contributed by atoms with Gasteiger partial charge in [0, 0.05) is 11.5 Å². The summed E-state index contributed by atoms with van der Waals surface area (Å²) in [6.45, 7) is 9.46. The number of carboxylic acid groups (broad SMARTS) is 2. The van der Waals surface area contributed by atoms with E-state index in [1.165, 1.54) is 0 Å². The Bertz CT molecular complexity index is 827. The second-order valence-corrected chi connectivity index (χ2v) is 10.6. The van der Waals surface area contributed by atoms with E-state index in [9.17, 15) is 29.7 Å². The number of carboxylic acids is 2. The molecule has 0 fully saturated rings. The number of rotatable bonds is 11. The summed E-state index contributed by atoms with van der Waals surface area (Å²) in [6, 6.07) is 0. The van der Waals surface area contributed by atoms with Crippen LogP contribution in [0.5, 0.6) is 0 Å². The largest absolute Gasteiger partial charge is 0.481 e. The second kappa shape index (κ2) is 11.5. The summed E-state index contributed by atoms with van der Waals surface area (Å²) < 4.78 is 6.04. The number of carbonyl (C=O) groups is 3. The van der Waals surface area contributed by atoms with Crippen LogP contribution in [-0.4, -0.2) is 56.6 Å². The predicted molar refractivity (Wildman–Crippen MR) is 126 cm³/mol. The van der Waals surface area contributed by atoms with Crippen molar-refractivity contribution in [2.75, 3.05) is 0 Å². The molecule has 2 rings (SSSR count). The number of aliphatic hydroxyl groups excluding tert-OH is 2. The maximum absolute atomic E-state index is 12.9. The molecule has 8 heteroatoms. The zero-order valence-electron chi connectivity index (χ0n) is 20.9. The van der Waals surface area contributed by atoms with Gasteiger partial charge in [-0.2, -0.15) is 0 Å². The smallest absolute Gasteiger partial charge is 0.332 e. The lowest BCUT2D eigenvalue weighted by Crippen LogP contribution is -2.45. The highest BCUT2D eigenvalue weighted by Gasteiger charge is 2.46. The molecule has 0 saturated carbocycles. The first kappa shape index (κ1) is 28.1. The minimum atomic E-state index is -1.13. The molecule has 0 heterocycles. The van der Waals surface area contributed by atoms with Crippen LogP contribution in [0, 0.1) is 29.1 Å². The number of aliphatic carboxylic acids is 2. The maximum atomic E-state index is 12.9. The fourth-order valence-electron chi connectivity index (χ4n) is 5.15. The molecule has 0 amide bonds. The van der Waals surface area contributed by atoms with Crippen molar-refractivity contribution in [3.8, 4) is 0 Å². The molecule has 4 N–H and O–H groups in total. The highest BCUT2D eigenvalue weighted by Crippen LogP contribution is 2.48. The molecule has 0 aliphatic heterocycles. The van der Waals surface area contributed by atoms with Crippen LogP contribution >= 0.6 is 0 Å². The van der Waals surface area contributed by atoms with E-state index in [0.29, 0.717) is 36.8 Å². The van der Waals surface area contributed by atoms with E-state index >= 15 is 0 Å². The number of esters is 1. The lowest BCUT2D eigenvalue weighted by molar-refractivity contribution is -0.165. The molecule has 0 spiro atoms. The third-order valence-corrected chi connectivity index (χ3v) is 7.58. The number of carbonyl (C=O) groups excluding carboxylic acids is 1. The third kappa shape index (κ3) is 6.69. The molecular formula is C26H40O8. The Balaban J connectivity index is 2.31. The Kier molecular flexibility index (Phi) is 9.48. The van der Waals surface area contributed by atoms with Crippen LogP contribution in [0.1, 0.15) is 73.1 Å². The summed E-state index contributed by atoms with van der Waals surface area (Å²) in [7, 11) is 0. The van der Waals surface area contributed by atoms with Gasteiger partial charge in [-0.25, -0.2) is 4.79 Å². The van der Waals surface area contributed by atoms with Gasteiger partial charge in [0.25, 0.3) is 0 Å². The van der Waals surface area contributed by atoms with Gasteiger partial charge in [-0.3, -0.25) is 9.59 Å². The summed E-state index contributed by atoms with van der Waals surface area (Å²) >= 11 is 0. The van der Waals surface area contributed by atoms with E-state index in [2.05, 4.69) is 0 Å². The highest BCUT2D eigenvalue weighted by atomic mass is 16.5. The minimum Gasteiger partial charge on any atom is -0.481 e. The Labute approximate surface area is 201 Å². The molecule has 0 bridgehead atoms. The molecule has 0 saturated heterocycles. The number of hydrogen-bond acceptors (Lipinski definition) is 6. The first-order valence-electron chi connectivity index (χ1n) is 12.2. The summed E-state index contributed by atoms with van der Waals surface area (Å²) in [5.41, 5.74) is 0.377. The SMILES string of the molecule is CCC(C)(C)C(=O)OC1CC(C)C(C(=O)O)=C2C=CC(C)C(CCC(O)CC(O)CC(=O)O)C21. The zero-order chi connectivity index (χ0) is 25.8. The molecule has 7 atom stereocenters. The summed E-state index contributed by atoms with van der Waals surface area (Å²) in [4.78, 5) is 35.8. The number of ether oxygens (including phenoxy) is 1. The van der Waals surface area contributed by atoms with Crippen LogP contribution in [0.15, 0.2) is 23.3 Å². The van der Waals surface area contributed by atoms with Gasteiger partial charge < -0.3 is 25.2 Å². The summed E-state index contributed by atoms with van der Waals surface area (Å²) in [5, 5.41) is 39.0. The van der Waals surface area contributed by atoms with Gasteiger partial charge in [0.1, 0.15) is 6.10 Å². The van der Waals surface area contributed by atoms with E-state index in [1.807, 2.05) is 46.8 Å². The van der Waals surface area contributed by atoms with Crippen molar-refractivity contribution in [3.05, 3.63) is 23.3 Å².